The Balaban J connectivity index is 1.50. The second-order valence-electron chi connectivity index (χ2n) is 6.90. The molecule has 4 rings (SSSR count). The zero-order chi connectivity index (χ0) is 19.9. The van der Waals surface area contributed by atoms with E-state index in [2.05, 4.69) is 24.8 Å². The number of thiazole rings is 1. The first-order chi connectivity index (χ1) is 13.3. The van der Waals surface area contributed by atoms with E-state index < -0.39 is 9.84 Å². The van der Waals surface area contributed by atoms with Gasteiger partial charge in [0.25, 0.3) is 0 Å². The number of nitrogens with zero attached hydrogens (tertiary/aromatic N) is 5. The molecule has 1 aliphatic heterocycles. The Hall–Kier alpha value is -1.97. The van der Waals surface area contributed by atoms with Crippen molar-refractivity contribution < 1.29 is 8.42 Å². The Kier molecular flexibility index (Phi) is 5.15. The minimum atomic E-state index is -3.30. The molecule has 0 N–H and O–H groups in total. The summed E-state index contributed by atoms with van der Waals surface area (Å²) in [6.07, 6.45) is 6.32. The van der Waals surface area contributed by atoms with Crippen molar-refractivity contribution in [3.05, 3.63) is 35.6 Å². The van der Waals surface area contributed by atoms with Crippen LogP contribution >= 0.6 is 22.9 Å². The first-order valence-electron chi connectivity index (χ1n) is 8.88. The van der Waals surface area contributed by atoms with Crippen LogP contribution in [0.4, 0.5) is 11.1 Å². The number of benzene rings is 1. The molecule has 1 aromatic carbocycles. The Morgan fingerprint density at radius 2 is 1.89 bits per heavy atom. The van der Waals surface area contributed by atoms with E-state index in [0.29, 0.717) is 27.4 Å². The predicted octanol–water partition coefficient (Wildman–Crippen LogP) is 3.25. The molecule has 148 valence electrons. The number of halogens is 1. The zero-order valence-electron chi connectivity index (χ0n) is 15.5. The van der Waals surface area contributed by atoms with E-state index >= 15 is 0 Å². The van der Waals surface area contributed by atoms with Crippen LogP contribution in [0.1, 0.15) is 12.8 Å². The predicted molar refractivity (Wildman–Crippen MR) is 113 cm³/mol. The molecule has 3 heterocycles. The lowest BCUT2D eigenvalue weighted by Gasteiger charge is -2.36. The highest BCUT2D eigenvalue weighted by atomic mass is 35.5. The van der Waals surface area contributed by atoms with Gasteiger partial charge < -0.3 is 9.80 Å². The lowest BCUT2D eigenvalue weighted by atomic mass is 10.0. The number of aromatic nitrogens is 3. The highest BCUT2D eigenvalue weighted by molar-refractivity contribution is 7.91. The van der Waals surface area contributed by atoms with Crippen molar-refractivity contribution in [2.45, 2.75) is 23.8 Å². The molecule has 0 saturated carbocycles. The molecular weight excluding hydrogens is 418 g/mol. The average molecular weight is 438 g/mol. The van der Waals surface area contributed by atoms with E-state index in [1.54, 1.807) is 24.5 Å². The minimum absolute atomic E-state index is 0.294. The van der Waals surface area contributed by atoms with Gasteiger partial charge in [0.1, 0.15) is 5.52 Å². The molecule has 0 unspecified atom stereocenters. The van der Waals surface area contributed by atoms with Crippen LogP contribution in [-0.2, 0) is 9.84 Å². The molecule has 0 amide bonds. The summed E-state index contributed by atoms with van der Waals surface area (Å²) >= 11 is 7.41. The minimum Gasteiger partial charge on any atom is -0.348 e. The number of sulfone groups is 1. The van der Waals surface area contributed by atoms with Crippen LogP contribution in [0.5, 0.6) is 0 Å². The maximum Gasteiger partial charge on any atom is 0.225 e. The van der Waals surface area contributed by atoms with Gasteiger partial charge in [0.15, 0.2) is 15.0 Å². The first kappa shape index (κ1) is 19.4. The summed E-state index contributed by atoms with van der Waals surface area (Å²) in [5.41, 5.74) is 0.568. The molecular formula is C18H20ClN5O2S2. The van der Waals surface area contributed by atoms with Crippen molar-refractivity contribution in [1.29, 1.82) is 0 Å². The summed E-state index contributed by atoms with van der Waals surface area (Å²) in [5.74, 6) is 0.667. The number of rotatable bonds is 4. The van der Waals surface area contributed by atoms with Crippen molar-refractivity contribution in [3.63, 3.8) is 0 Å². The number of hydrogen-bond acceptors (Lipinski definition) is 8. The zero-order valence-corrected chi connectivity index (χ0v) is 17.9. The maximum atomic E-state index is 12.0. The van der Waals surface area contributed by atoms with Crippen molar-refractivity contribution in [2.75, 3.05) is 36.2 Å². The molecule has 0 radical (unpaired) electrons. The molecule has 1 saturated heterocycles. The third-order valence-corrected chi connectivity index (χ3v) is 7.38. The second kappa shape index (κ2) is 7.46. The third kappa shape index (κ3) is 3.78. The number of fused-ring (bicyclic) bond motifs is 1. The van der Waals surface area contributed by atoms with Gasteiger partial charge in [-0.15, -0.1) is 0 Å². The number of hydrogen-bond donors (Lipinski definition) is 0. The van der Waals surface area contributed by atoms with Crippen LogP contribution in [0.2, 0.25) is 5.02 Å². The molecule has 0 spiro atoms. The Bertz CT molecular complexity index is 1090. The van der Waals surface area contributed by atoms with Gasteiger partial charge in [-0.25, -0.2) is 23.4 Å². The van der Waals surface area contributed by atoms with Crippen molar-refractivity contribution in [1.82, 2.24) is 15.0 Å². The normalized spacial score (nSPS) is 15.9. The van der Waals surface area contributed by atoms with Gasteiger partial charge in [0.05, 0.1) is 27.0 Å². The summed E-state index contributed by atoms with van der Waals surface area (Å²) < 4.78 is 25.0. The van der Waals surface area contributed by atoms with E-state index in [4.69, 9.17) is 11.6 Å². The second-order valence-corrected chi connectivity index (χ2v) is 10.3. The summed E-state index contributed by atoms with van der Waals surface area (Å²) in [6, 6.07) is 5.64. The maximum absolute atomic E-state index is 12.0. The van der Waals surface area contributed by atoms with Crippen molar-refractivity contribution in [2.24, 2.45) is 0 Å². The van der Waals surface area contributed by atoms with Gasteiger partial charge in [-0.3, -0.25) is 0 Å². The van der Waals surface area contributed by atoms with Crippen molar-refractivity contribution in [3.8, 4) is 0 Å². The molecule has 0 bridgehead atoms. The molecule has 2 aromatic heterocycles. The fraction of sp³-hybridized carbons (Fsp3) is 0.389. The van der Waals surface area contributed by atoms with E-state index in [0.717, 1.165) is 35.8 Å². The van der Waals surface area contributed by atoms with Crippen LogP contribution in [0.3, 0.4) is 0 Å². The lowest BCUT2D eigenvalue weighted by Crippen LogP contribution is -2.44. The largest absolute Gasteiger partial charge is 0.348 e. The number of anilines is 2. The first-order valence-corrected chi connectivity index (χ1v) is 12.0. The monoisotopic (exact) mass is 437 g/mol. The van der Waals surface area contributed by atoms with Gasteiger partial charge in [0.2, 0.25) is 5.95 Å². The highest BCUT2D eigenvalue weighted by Crippen LogP contribution is 2.34. The van der Waals surface area contributed by atoms with Gasteiger partial charge in [-0.05, 0) is 25.0 Å². The van der Waals surface area contributed by atoms with Gasteiger partial charge in [0, 0.05) is 32.4 Å². The molecule has 0 aliphatic carbocycles. The van der Waals surface area contributed by atoms with Crippen LogP contribution < -0.4 is 9.80 Å². The van der Waals surface area contributed by atoms with E-state index in [1.165, 1.54) is 17.6 Å². The topological polar surface area (TPSA) is 79.3 Å². The third-order valence-electron chi connectivity index (χ3n) is 4.98. The molecule has 7 nitrogen and oxygen atoms in total. The quantitative estimate of drug-likeness (QED) is 0.619. The SMILES string of the molecule is CN(c1ncc(Cl)cn1)C1CCN(c2nc3c(S(C)(=O)=O)cccc3s2)CC1. The van der Waals surface area contributed by atoms with Crippen LogP contribution in [0.25, 0.3) is 10.2 Å². The summed E-state index contributed by atoms with van der Waals surface area (Å²) in [6.45, 7) is 1.69. The van der Waals surface area contributed by atoms with Gasteiger partial charge in [-0.2, -0.15) is 0 Å². The van der Waals surface area contributed by atoms with E-state index in [-0.39, 0.29) is 0 Å². The van der Waals surface area contributed by atoms with Gasteiger partial charge >= 0.3 is 0 Å². The molecule has 1 aliphatic rings. The lowest BCUT2D eigenvalue weighted by molar-refractivity contribution is 0.477. The molecule has 0 atom stereocenters. The molecule has 28 heavy (non-hydrogen) atoms. The molecule has 1 fully saturated rings. The van der Waals surface area contributed by atoms with Crippen molar-refractivity contribution >= 4 is 54.1 Å². The highest BCUT2D eigenvalue weighted by Gasteiger charge is 2.26. The van der Waals surface area contributed by atoms with E-state index in [1.807, 2.05) is 13.1 Å². The Labute approximate surface area is 172 Å². The van der Waals surface area contributed by atoms with Crippen LogP contribution in [-0.4, -0.2) is 55.8 Å². The average Bonchev–Trinajstić information content (AvgIpc) is 3.11. The number of piperidine rings is 1. The number of para-hydroxylation sites is 1. The smallest absolute Gasteiger partial charge is 0.225 e. The summed E-state index contributed by atoms with van der Waals surface area (Å²) in [5, 5.41) is 1.39. The fourth-order valence-electron chi connectivity index (χ4n) is 3.44. The standard InChI is InChI=1S/C18H20ClN5O2S2/c1-23(17-20-10-12(19)11-21-17)13-6-8-24(9-7-13)18-22-16-14(27-18)4-3-5-15(16)28(2,25)26/h3-5,10-11,13H,6-9H2,1-2H3. The Morgan fingerprint density at radius 1 is 1.21 bits per heavy atom. The summed E-state index contributed by atoms with van der Waals surface area (Å²) in [4.78, 5) is 17.9. The fourth-order valence-corrected chi connectivity index (χ4v) is 5.48. The van der Waals surface area contributed by atoms with Crippen LogP contribution in [0.15, 0.2) is 35.5 Å². The molecule has 10 heteroatoms. The summed E-state index contributed by atoms with van der Waals surface area (Å²) in [7, 11) is -1.31. The van der Waals surface area contributed by atoms with E-state index in [9.17, 15) is 8.42 Å². The molecule has 3 aromatic rings. The Morgan fingerprint density at radius 3 is 2.54 bits per heavy atom. The van der Waals surface area contributed by atoms with Crippen LogP contribution in [0, 0.1) is 0 Å². The van der Waals surface area contributed by atoms with Gasteiger partial charge in [-0.1, -0.05) is 29.0 Å².